The van der Waals surface area contributed by atoms with Gasteiger partial charge in [-0.3, -0.25) is 0 Å². The molecule has 1 atom stereocenters. The fourth-order valence-electron chi connectivity index (χ4n) is 1.27. The van der Waals surface area contributed by atoms with Crippen molar-refractivity contribution in [1.82, 2.24) is 4.37 Å². The van der Waals surface area contributed by atoms with Gasteiger partial charge in [0.15, 0.2) is 0 Å². The van der Waals surface area contributed by atoms with Gasteiger partial charge in [-0.05, 0) is 36.4 Å². The van der Waals surface area contributed by atoms with Gasteiger partial charge in [0, 0.05) is 17.1 Å². The van der Waals surface area contributed by atoms with Gasteiger partial charge in [-0.1, -0.05) is 13.8 Å². The Morgan fingerprint density at radius 3 is 2.67 bits per heavy atom. The molecule has 0 amide bonds. The number of rotatable bonds is 3. The lowest BCUT2D eigenvalue weighted by Gasteiger charge is -2.12. The van der Waals surface area contributed by atoms with Gasteiger partial charge in [0.05, 0.1) is 0 Å². The van der Waals surface area contributed by atoms with Crippen molar-refractivity contribution < 1.29 is 0 Å². The molecule has 0 saturated heterocycles. The minimum atomic E-state index is 0.178. The minimum absolute atomic E-state index is 0.178. The minimum Gasteiger partial charge on any atom is -0.323 e. The van der Waals surface area contributed by atoms with Gasteiger partial charge in [-0.25, -0.2) is 4.37 Å². The Bertz CT molecular complexity index is 242. The van der Waals surface area contributed by atoms with Crippen LogP contribution in [0.3, 0.4) is 0 Å². The Morgan fingerprint density at radius 1 is 1.58 bits per heavy atom. The van der Waals surface area contributed by atoms with Crippen molar-refractivity contribution in [2.75, 3.05) is 0 Å². The van der Waals surface area contributed by atoms with Crippen molar-refractivity contribution in [2.24, 2.45) is 11.7 Å². The molecule has 12 heavy (non-hydrogen) atoms. The van der Waals surface area contributed by atoms with E-state index in [1.165, 1.54) is 22.0 Å². The predicted octanol–water partition coefficient (Wildman–Crippen LogP) is 2.50. The third kappa shape index (κ3) is 2.29. The standard InChI is InChI=1S/C9H16N2S/c1-6(2)4-8(10)9-7(3)5-11-12-9/h5-6,8H,4,10H2,1-3H3. The van der Waals surface area contributed by atoms with E-state index in [0.29, 0.717) is 5.92 Å². The lowest BCUT2D eigenvalue weighted by atomic mass is 10.0. The van der Waals surface area contributed by atoms with E-state index in [4.69, 9.17) is 5.73 Å². The molecule has 0 spiro atoms. The fourth-order valence-corrected chi connectivity index (χ4v) is 2.03. The zero-order valence-corrected chi connectivity index (χ0v) is 8.69. The van der Waals surface area contributed by atoms with Crippen LogP contribution in [0.4, 0.5) is 0 Å². The maximum absolute atomic E-state index is 6.01. The molecule has 1 heterocycles. The number of aryl methyl sites for hydroxylation is 1. The van der Waals surface area contributed by atoms with Crippen LogP contribution in [0.1, 0.15) is 36.8 Å². The van der Waals surface area contributed by atoms with E-state index in [1.807, 2.05) is 6.20 Å². The topological polar surface area (TPSA) is 38.9 Å². The van der Waals surface area contributed by atoms with E-state index in [1.54, 1.807) is 0 Å². The number of hydrogen-bond acceptors (Lipinski definition) is 3. The molecule has 0 saturated carbocycles. The van der Waals surface area contributed by atoms with Gasteiger partial charge in [-0.2, -0.15) is 0 Å². The van der Waals surface area contributed by atoms with E-state index in [2.05, 4.69) is 25.1 Å². The summed E-state index contributed by atoms with van der Waals surface area (Å²) in [6.07, 6.45) is 2.93. The van der Waals surface area contributed by atoms with Gasteiger partial charge in [0.25, 0.3) is 0 Å². The summed E-state index contributed by atoms with van der Waals surface area (Å²) in [7, 11) is 0. The summed E-state index contributed by atoms with van der Waals surface area (Å²) < 4.78 is 4.11. The quantitative estimate of drug-likeness (QED) is 0.784. The first kappa shape index (κ1) is 9.68. The Hall–Kier alpha value is -0.410. The second-order valence-electron chi connectivity index (χ2n) is 3.61. The van der Waals surface area contributed by atoms with Crippen LogP contribution in [0.25, 0.3) is 0 Å². The Labute approximate surface area is 78.0 Å². The van der Waals surface area contributed by atoms with Crippen LogP contribution in [-0.4, -0.2) is 4.37 Å². The molecule has 2 nitrogen and oxygen atoms in total. The number of hydrogen-bond donors (Lipinski definition) is 1. The molecular formula is C9H16N2S. The SMILES string of the molecule is Cc1cnsc1C(N)CC(C)C. The molecule has 0 aliphatic rings. The molecule has 1 aromatic heterocycles. The molecule has 1 unspecified atom stereocenters. The Balaban J connectivity index is 2.65. The lowest BCUT2D eigenvalue weighted by Crippen LogP contribution is -2.12. The van der Waals surface area contributed by atoms with Crippen LogP contribution in [0, 0.1) is 12.8 Å². The highest BCUT2D eigenvalue weighted by Crippen LogP contribution is 2.24. The van der Waals surface area contributed by atoms with E-state index in [-0.39, 0.29) is 6.04 Å². The summed E-state index contributed by atoms with van der Waals surface area (Å²) in [5.41, 5.74) is 7.24. The summed E-state index contributed by atoms with van der Waals surface area (Å²) in [4.78, 5) is 1.24. The highest BCUT2D eigenvalue weighted by molar-refractivity contribution is 7.06. The number of nitrogens with zero attached hydrogens (tertiary/aromatic N) is 1. The second-order valence-corrected chi connectivity index (χ2v) is 4.44. The van der Waals surface area contributed by atoms with Crippen LogP contribution in [0.15, 0.2) is 6.20 Å². The van der Waals surface area contributed by atoms with Gasteiger partial charge >= 0.3 is 0 Å². The number of nitrogens with two attached hydrogens (primary N) is 1. The van der Waals surface area contributed by atoms with E-state index >= 15 is 0 Å². The van der Waals surface area contributed by atoms with Crippen LogP contribution < -0.4 is 5.73 Å². The van der Waals surface area contributed by atoms with Gasteiger partial charge in [-0.15, -0.1) is 0 Å². The third-order valence-corrected chi connectivity index (χ3v) is 2.88. The Kier molecular flexibility index (Phi) is 3.23. The molecule has 0 bridgehead atoms. The first-order valence-electron chi connectivity index (χ1n) is 4.28. The summed E-state index contributed by atoms with van der Waals surface area (Å²) in [6, 6.07) is 0.178. The van der Waals surface area contributed by atoms with Crippen molar-refractivity contribution in [1.29, 1.82) is 0 Å². The molecule has 1 rings (SSSR count). The number of aromatic nitrogens is 1. The van der Waals surface area contributed by atoms with Gasteiger partial charge in [0.1, 0.15) is 0 Å². The van der Waals surface area contributed by atoms with Crippen LogP contribution in [-0.2, 0) is 0 Å². The monoisotopic (exact) mass is 184 g/mol. The Morgan fingerprint density at radius 2 is 2.25 bits per heavy atom. The summed E-state index contributed by atoms with van der Waals surface area (Å²) in [5.74, 6) is 0.654. The fraction of sp³-hybridized carbons (Fsp3) is 0.667. The molecular weight excluding hydrogens is 168 g/mol. The molecule has 0 aromatic carbocycles. The van der Waals surface area contributed by atoms with Crippen molar-refractivity contribution >= 4 is 11.5 Å². The molecule has 0 radical (unpaired) electrons. The first-order chi connectivity index (χ1) is 5.61. The van der Waals surface area contributed by atoms with E-state index < -0.39 is 0 Å². The predicted molar refractivity (Wildman–Crippen MR) is 53.2 cm³/mol. The smallest absolute Gasteiger partial charge is 0.0449 e. The van der Waals surface area contributed by atoms with Crippen molar-refractivity contribution in [2.45, 2.75) is 33.2 Å². The maximum atomic E-state index is 6.01. The normalized spacial score (nSPS) is 13.8. The second kappa shape index (κ2) is 4.01. The highest BCUT2D eigenvalue weighted by Gasteiger charge is 2.12. The highest BCUT2D eigenvalue weighted by atomic mass is 32.1. The zero-order chi connectivity index (χ0) is 9.14. The van der Waals surface area contributed by atoms with Gasteiger partial charge in [0.2, 0.25) is 0 Å². The summed E-state index contributed by atoms with van der Waals surface area (Å²) in [6.45, 7) is 6.45. The largest absolute Gasteiger partial charge is 0.323 e. The van der Waals surface area contributed by atoms with Crippen molar-refractivity contribution in [3.8, 4) is 0 Å². The molecule has 1 aromatic rings. The summed E-state index contributed by atoms with van der Waals surface area (Å²) >= 11 is 1.52. The lowest BCUT2D eigenvalue weighted by molar-refractivity contribution is 0.514. The first-order valence-corrected chi connectivity index (χ1v) is 5.05. The zero-order valence-electron chi connectivity index (χ0n) is 7.87. The average molecular weight is 184 g/mol. The van der Waals surface area contributed by atoms with Crippen molar-refractivity contribution in [3.63, 3.8) is 0 Å². The molecule has 0 aliphatic heterocycles. The molecule has 2 N–H and O–H groups in total. The van der Waals surface area contributed by atoms with Crippen LogP contribution in [0.2, 0.25) is 0 Å². The van der Waals surface area contributed by atoms with Crippen LogP contribution in [0.5, 0.6) is 0 Å². The van der Waals surface area contributed by atoms with Crippen LogP contribution >= 0.6 is 11.5 Å². The van der Waals surface area contributed by atoms with Crippen molar-refractivity contribution in [3.05, 3.63) is 16.6 Å². The maximum Gasteiger partial charge on any atom is 0.0449 e. The molecule has 3 heteroatoms. The average Bonchev–Trinajstić information content (AvgIpc) is 2.33. The third-order valence-electron chi connectivity index (χ3n) is 1.85. The molecule has 68 valence electrons. The molecule has 0 aliphatic carbocycles. The molecule has 0 fully saturated rings. The van der Waals surface area contributed by atoms with Gasteiger partial charge < -0.3 is 5.73 Å². The summed E-state index contributed by atoms with van der Waals surface area (Å²) in [5, 5.41) is 0. The van der Waals surface area contributed by atoms with E-state index in [0.717, 1.165) is 6.42 Å². The van der Waals surface area contributed by atoms with E-state index in [9.17, 15) is 0 Å².